The first-order chi connectivity index (χ1) is 14.4. The zero-order valence-electron chi connectivity index (χ0n) is 15.9. The minimum Gasteiger partial charge on any atom is -0.452 e. The smallest absolute Gasteiger partial charge is 0.338 e. The number of sulfonamides is 1. The van der Waals surface area contributed by atoms with Gasteiger partial charge in [0.2, 0.25) is 10.0 Å². The molecule has 8 nitrogen and oxygen atoms in total. The predicted octanol–water partition coefficient (Wildman–Crippen LogP) is 2.88. The Morgan fingerprint density at radius 2 is 1.93 bits per heavy atom. The lowest BCUT2D eigenvalue weighted by molar-refractivity contribution is -0.119. The highest BCUT2D eigenvalue weighted by molar-refractivity contribution is 7.89. The monoisotopic (exact) mass is 445 g/mol. The normalized spacial score (nSPS) is 14.7. The summed E-state index contributed by atoms with van der Waals surface area (Å²) in [7, 11) is -3.58. The van der Waals surface area contributed by atoms with Crippen molar-refractivity contribution >= 4 is 49.1 Å². The van der Waals surface area contributed by atoms with Gasteiger partial charge in [0.1, 0.15) is 0 Å². The average molecular weight is 446 g/mol. The first-order valence-corrected chi connectivity index (χ1v) is 11.7. The maximum atomic E-state index is 12.7. The number of nitrogens with one attached hydrogen (secondary N) is 1. The Morgan fingerprint density at radius 3 is 2.73 bits per heavy atom. The number of anilines is 1. The lowest BCUT2D eigenvalue weighted by Crippen LogP contribution is -2.28. The minimum atomic E-state index is -3.58. The molecule has 1 aromatic heterocycles. The van der Waals surface area contributed by atoms with E-state index in [1.165, 1.54) is 27.8 Å². The third-order valence-electron chi connectivity index (χ3n) is 4.72. The number of hydrogen-bond donors (Lipinski definition) is 1. The van der Waals surface area contributed by atoms with E-state index in [-0.39, 0.29) is 4.90 Å². The number of carbonyl (C=O) groups excluding carboxylic acids is 2. The van der Waals surface area contributed by atoms with Gasteiger partial charge >= 0.3 is 5.97 Å². The topological polar surface area (TPSA) is 106 Å². The molecule has 1 aliphatic heterocycles. The van der Waals surface area contributed by atoms with Gasteiger partial charge in [-0.2, -0.15) is 4.31 Å². The van der Waals surface area contributed by atoms with Crippen LogP contribution < -0.4 is 5.32 Å². The molecule has 3 aromatic rings. The molecule has 1 saturated heterocycles. The molecule has 0 spiro atoms. The minimum absolute atomic E-state index is 0.122. The molecule has 1 fully saturated rings. The second-order valence-electron chi connectivity index (χ2n) is 6.80. The molecule has 10 heteroatoms. The van der Waals surface area contributed by atoms with Crippen molar-refractivity contribution in [2.75, 3.05) is 25.0 Å². The van der Waals surface area contributed by atoms with Crippen LogP contribution in [0.15, 0.2) is 52.9 Å². The number of amides is 1. The molecule has 0 bridgehead atoms. The first-order valence-electron chi connectivity index (χ1n) is 9.34. The first kappa shape index (κ1) is 20.5. The van der Waals surface area contributed by atoms with Gasteiger partial charge in [0.05, 0.1) is 26.2 Å². The lowest BCUT2D eigenvalue weighted by Gasteiger charge is -2.16. The maximum Gasteiger partial charge on any atom is 0.338 e. The highest BCUT2D eigenvalue weighted by Crippen LogP contribution is 2.23. The van der Waals surface area contributed by atoms with Crippen LogP contribution in [0.3, 0.4) is 0 Å². The standard InChI is InChI=1S/C20H19N3O5S2/c24-19(12-28-20(25)14-6-7-17-18(10-14)29-13-21-17)22-15-4-3-5-16(11-15)30(26,27)23-8-1-2-9-23/h3-7,10-11,13H,1-2,8-9,12H2,(H,22,24). The van der Waals surface area contributed by atoms with Crippen LogP contribution >= 0.6 is 11.3 Å². The number of fused-ring (bicyclic) bond motifs is 1. The molecule has 0 radical (unpaired) electrons. The Kier molecular flexibility index (Phi) is 5.80. The van der Waals surface area contributed by atoms with Crippen molar-refractivity contribution in [2.45, 2.75) is 17.7 Å². The predicted molar refractivity (Wildman–Crippen MR) is 113 cm³/mol. The second kappa shape index (κ2) is 8.50. The number of aromatic nitrogens is 1. The lowest BCUT2D eigenvalue weighted by atomic mass is 10.2. The van der Waals surface area contributed by atoms with Crippen molar-refractivity contribution in [3.63, 3.8) is 0 Å². The third kappa shape index (κ3) is 4.35. The summed E-state index contributed by atoms with van der Waals surface area (Å²) in [4.78, 5) is 28.6. The van der Waals surface area contributed by atoms with Crippen molar-refractivity contribution in [3.05, 3.63) is 53.5 Å². The summed E-state index contributed by atoms with van der Waals surface area (Å²) >= 11 is 1.41. The van der Waals surface area contributed by atoms with Crippen LogP contribution in [0.25, 0.3) is 10.2 Å². The van der Waals surface area contributed by atoms with Crippen molar-refractivity contribution < 1.29 is 22.7 Å². The van der Waals surface area contributed by atoms with Gasteiger partial charge in [-0.25, -0.2) is 18.2 Å². The van der Waals surface area contributed by atoms with E-state index in [1.54, 1.807) is 35.8 Å². The fourth-order valence-electron chi connectivity index (χ4n) is 3.21. The van der Waals surface area contributed by atoms with Gasteiger partial charge < -0.3 is 10.1 Å². The van der Waals surface area contributed by atoms with Gasteiger partial charge in [-0.05, 0) is 49.2 Å². The Balaban J connectivity index is 1.37. The zero-order valence-corrected chi connectivity index (χ0v) is 17.5. The fourth-order valence-corrected chi connectivity index (χ4v) is 5.49. The SMILES string of the molecule is O=C(COC(=O)c1ccc2ncsc2c1)Nc1cccc(S(=O)(=O)N2CCCC2)c1. The molecule has 1 amide bonds. The number of benzene rings is 2. The summed E-state index contributed by atoms with van der Waals surface area (Å²) in [5.41, 5.74) is 3.13. The summed E-state index contributed by atoms with van der Waals surface area (Å²) < 4.78 is 32.7. The third-order valence-corrected chi connectivity index (χ3v) is 7.41. The van der Waals surface area contributed by atoms with Crippen molar-refractivity contribution in [1.82, 2.24) is 9.29 Å². The van der Waals surface area contributed by atoms with Gasteiger partial charge in [0.25, 0.3) is 5.91 Å². The highest BCUT2D eigenvalue weighted by atomic mass is 32.2. The van der Waals surface area contributed by atoms with E-state index in [4.69, 9.17) is 4.74 Å². The van der Waals surface area contributed by atoms with Crippen LogP contribution in [0.1, 0.15) is 23.2 Å². The van der Waals surface area contributed by atoms with E-state index in [0.29, 0.717) is 24.3 Å². The average Bonchev–Trinajstić information content (AvgIpc) is 3.43. The van der Waals surface area contributed by atoms with Gasteiger partial charge in [-0.3, -0.25) is 4.79 Å². The summed E-state index contributed by atoms with van der Waals surface area (Å²) in [5, 5.41) is 2.57. The number of nitrogens with zero attached hydrogens (tertiary/aromatic N) is 2. The van der Waals surface area contributed by atoms with E-state index < -0.39 is 28.5 Å². The molecular weight excluding hydrogens is 426 g/mol. The van der Waals surface area contributed by atoms with Gasteiger partial charge in [0.15, 0.2) is 6.61 Å². The molecule has 2 aromatic carbocycles. The van der Waals surface area contributed by atoms with Crippen LogP contribution in [0.2, 0.25) is 0 Å². The molecule has 0 saturated carbocycles. The number of carbonyl (C=O) groups is 2. The van der Waals surface area contributed by atoms with Crippen molar-refractivity contribution in [2.24, 2.45) is 0 Å². The number of hydrogen-bond acceptors (Lipinski definition) is 7. The number of rotatable bonds is 6. The summed E-state index contributed by atoms with van der Waals surface area (Å²) in [6.07, 6.45) is 1.69. The van der Waals surface area contributed by atoms with Gasteiger partial charge in [-0.15, -0.1) is 11.3 Å². The Morgan fingerprint density at radius 1 is 1.13 bits per heavy atom. The van der Waals surface area contributed by atoms with Crippen LogP contribution in [-0.2, 0) is 19.6 Å². The molecule has 156 valence electrons. The number of ether oxygens (including phenoxy) is 1. The van der Waals surface area contributed by atoms with E-state index in [2.05, 4.69) is 10.3 Å². The van der Waals surface area contributed by atoms with Crippen LogP contribution in [0.5, 0.6) is 0 Å². The van der Waals surface area contributed by atoms with E-state index in [9.17, 15) is 18.0 Å². The van der Waals surface area contributed by atoms with E-state index >= 15 is 0 Å². The van der Waals surface area contributed by atoms with Crippen LogP contribution in [0, 0.1) is 0 Å². The molecule has 0 unspecified atom stereocenters. The number of esters is 1. The zero-order chi connectivity index (χ0) is 21.1. The van der Waals surface area contributed by atoms with Crippen molar-refractivity contribution in [3.8, 4) is 0 Å². The Bertz CT molecular complexity index is 1200. The molecule has 2 heterocycles. The molecule has 1 aliphatic rings. The summed E-state index contributed by atoms with van der Waals surface area (Å²) in [6, 6.07) is 11.0. The maximum absolute atomic E-state index is 12.7. The number of thiazole rings is 1. The van der Waals surface area contributed by atoms with Crippen LogP contribution in [-0.4, -0.2) is 49.3 Å². The van der Waals surface area contributed by atoms with Crippen LogP contribution in [0.4, 0.5) is 5.69 Å². The van der Waals surface area contributed by atoms with Crippen molar-refractivity contribution in [1.29, 1.82) is 0 Å². The summed E-state index contributed by atoms with van der Waals surface area (Å²) in [6.45, 7) is 0.521. The highest BCUT2D eigenvalue weighted by Gasteiger charge is 2.27. The molecule has 0 aliphatic carbocycles. The molecule has 1 N–H and O–H groups in total. The molecular formula is C20H19N3O5S2. The second-order valence-corrected chi connectivity index (χ2v) is 9.62. The van der Waals surface area contributed by atoms with E-state index in [0.717, 1.165) is 23.1 Å². The molecule has 30 heavy (non-hydrogen) atoms. The van der Waals surface area contributed by atoms with E-state index in [1.807, 2.05) is 0 Å². The largest absolute Gasteiger partial charge is 0.452 e. The van der Waals surface area contributed by atoms with Gasteiger partial charge in [-0.1, -0.05) is 6.07 Å². The Hall–Kier alpha value is -2.82. The molecule has 4 rings (SSSR count). The fraction of sp³-hybridized carbons (Fsp3) is 0.250. The Labute approximate surface area is 177 Å². The quantitative estimate of drug-likeness (QED) is 0.585. The molecule has 0 atom stereocenters. The summed E-state index contributed by atoms with van der Waals surface area (Å²) in [5.74, 6) is -1.18. The van der Waals surface area contributed by atoms with Gasteiger partial charge in [0, 0.05) is 18.8 Å².